The van der Waals surface area contributed by atoms with E-state index >= 15 is 0 Å². The van der Waals surface area contributed by atoms with Crippen molar-refractivity contribution in [1.29, 1.82) is 0 Å². The van der Waals surface area contributed by atoms with Gasteiger partial charge in [0.25, 0.3) is 16.4 Å². The van der Waals surface area contributed by atoms with Crippen LogP contribution in [0.1, 0.15) is 0 Å². The lowest BCUT2D eigenvalue weighted by atomic mass is 9.97. The van der Waals surface area contributed by atoms with Crippen LogP contribution in [-0.4, -0.2) is 56.4 Å². The van der Waals surface area contributed by atoms with Crippen molar-refractivity contribution in [2.24, 2.45) is 5.14 Å². The molecule has 0 saturated heterocycles. The average molecular weight is 427 g/mol. The molecule has 0 rings (SSSR count). The molecule has 0 heterocycles. The van der Waals surface area contributed by atoms with Crippen LogP contribution in [-0.2, 0) is 10.0 Å². The van der Waals surface area contributed by atoms with E-state index in [1.165, 1.54) is 0 Å². The molecule has 4 unspecified atom stereocenters. The normalized spacial score (nSPS) is 20.9. The quantitative estimate of drug-likeness (QED) is 0.636. The van der Waals surface area contributed by atoms with Crippen molar-refractivity contribution in [2.45, 2.75) is 48.0 Å². The molecule has 0 fully saturated rings. The van der Waals surface area contributed by atoms with Crippen molar-refractivity contribution >= 4 is 10.0 Å². The highest BCUT2D eigenvalue weighted by molar-refractivity contribution is 7.90. The second kappa shape index (κ2) is 6.62. The van der Waals surface area contributed by atoms with Gasteiger partial charge in [-0.25, -0.2) is 39.9 Å². The molecule has 0 saturated carbocycles. The highest BCUT2D eigenvalue weighted by Crippen LogP contribution is 2.56. The van der Waals surface area contributed by atoms with Gasteiger partial charge in [0.15, 0.2) is 18.5 Å². The third kappa shape index (κ3) is 3.61. The second-order valence-electron chi connectivity index (χ2n) is 4.46. The lowest BCUT2D eigenvalue weighted by Crippen LogP contribution is -2.71. The second-order valence-corrected chi connectivity index (χ2v) is 6.15. The molecule has 2 N–H and O–H groups in total. The Morgan fingerprint density at radius 3 is 1.28 bits per heavy atom. The van der Waals surface area contributed by atoms with Crippen molar-refractivity contribution in [3.05, 3.63) is 0 Å². The van der Waals surface area contributed by atoms with Crippen LogP contribution in [0.5, 0.6) is 0 Å². The summed E-state index contributed by atoms with van der Waals surface area (Å²) in [5, 5.41) is -3.29. The third-order valence-electron chi connectivity index (χ3n) is 2.77. The van der Waals surface area contributed by atoms with Gasteiger partial charge in [-0.3, -0.25) is 0 Å². The first-order chi connectivity index (χ1) is 10.7. The number of alkyl halides is 13. The largest absolute Gasteiger partial charge is 0.460 e. The summed E-state index contributed by atoms with van der Waals surface area (Å²) in [6, 6.07) is 0. The minimum Gasteiger partial charge on any atom is -0.241 e. The van der Waals surface area contributed by atoms with Gasteiger partial charge in [-0.15, -0.1) is 0 Å². The van der Waals surface area contributed by atoms with Crippen LogP contribution in [0.15, 0.2) is 0 Å². The summed E-state index contributed by atoms with van der Waals surface area (Å²) in [5.41, 5.74) is 0. The third-order valence-corrected chi connectivity index (χ3v) is 4.08. The highest BCUT2D eigenvalue weighted by atomic mass is 32.2. The van der Waals surface area contributed by atoms with E-state index in [4.69, 9.17) is 0 Å². The molecule has 0 aromatic heterocycles. The summed E-state index contributed by atoms with van der Waals surface area (Å²) < 4.78 is 186. The molecule has 3 nitrogen and oxygen atoms in total. The van der Waals surface area contributed by atoms with Crippen LogP contribution in [0, 0.1) is 0 Å². The molecular weight excluding hydrogens is 421 g/mol. The number of hydrogen-bond donors (Lipinski definition) is 1. The van der Waals surface area contributed by atoms with Gasteiger partial charge in [0.1, 0.15) is 0 Å². The van der Waals surface area contributed by atoms with Crippen molar-refractivity contribution in [1.82, 2.24) is 0 Å². The Morgan fingerprint density at radius 1 is 0.680 bits per heavy atom. The Hall–Kier alpha value is -1.00. The summed E-state index contributed by atoms with van der Waals surface area (Å²) >= 11 is 0. The van der Waals surface area contributed by atoms with E-state index in [2.05, 4.69) is 5.14 Å². The first-order valence-corrected chi connectivity index (χ1v) is 6.96. The molecule has 0 aromatic carbocycles. The summed E-state index contributed by atoms with van der Waals surface area (Å²) in [6.07, 6.45) is -26.9. The molecule has 0 aliphatic rings. The van der Waals surface area contributed by atoms with Crippen LogP contribution < -0.4 is 5.14 Å². The minimum absolute atomic E-state index is 3.65. The maximum absolute atomic E-state index is 13.9. The van der Waals surface area contributed by atoms with Crippen LogP contribution in [0.3, 0.4) is 0 Å². The number of hydrogen-bond acceptors (Lipinski definition) is 2. The topological polar surface area (TPSA) is 60.2 Å². The monoisotopic (exact) mass is 427 g/mol. The molecule has 0 aliphatic carbocycles. The zero-order valence-electron chi connectivity index (χ0n) is 11.0. The first kappa shape index (κ1) is 24.0. The van der Waals surface area contributed by atoms with E-state index in [0.717, 1.165) is 0 Å². The molecule has 0 amide bonds. The van der Waals surface area contributed by atoms with E-state index in [1.54, 1.807) is 0 Å². The fourth-order valence-corrected chi connectivity index (χ4v) is 2.34. The molecule has 25 heavy (non-hydrogen) atoms. The number of halogens is 13. The molecule has 152 valence electrons. The average Bonchev–Trinajstić information content (AvgIpc) is 2.40. The molecule has 0 radical (unpaired) electrons. The molecule has 17 heteroatoms. The standard InChI is InChI=1S/C8H6F13NO2S/c9-1(2(10)4(12)13)3(11)5(14,25(22,23)24)6(15,16)7(17,18)8(19,20)21/h1-4H,(H2,22,23,24). The maximum atomic E-state index is 13.9. The van der Waals surface area contributed by atoms with Crippen molar-refractivity contribution in [2.75, 3.05) is 0 Å². The lowest BCUT2D eigenvalue weighted by molar-refractivity contribution is -0.375. The molecular formula is C8H6F13NO2S. The molecule has 0 bridgehead atoms. The molecule has 0 aliphatic heterocycles. The molecule has 0 aromatic rings. The van der Waals surface area contributed by atoms with E-state index < -0.39 is 58.0 Å². The maximum Gasteiger partial charge on any atom is 0.460 e. The Balaban J connectivity index is 6.55. The van der Waals surface area contributed by atoms with Gasteiger partial charge >= 0.3 is 23.0 Å². The number of rotatable bonds is 7. The summed E-state index contributed by atoms with van der Waals surface area (Å²) in [4.78, 5) is 0. The molecule has 4 atom stereocenters. The number of sulfonamides is 1. The zero-order chi connectivity index (χ0) is 20.8. The van der Waals surface area contributed by atoms with Crippen LogP contribution in [0.25, 0.3) is 0 Å². The lowest BCUT2D eigenvalue weighted by Gasteiger charge is -2.39. The van der Waals surface area contributed by atoms with Crippen LogP contribution in [0.4, 0.5) is 57.1 Å². The van der Waals surface area contributed by atoms with E-state index in [-0.39, 0.29) is 0 Å². The summed E-state index contributed by atoms with van der Waals surface area (Å²) in [5.74, 6) is -15.3. The molecule has 0 spiro atoms. The van der Waals surface area contributed by atoms with Crippen molar-refractivity contribution in [3.63, 3.8) is 0 Å². The minimum atomic E-state index is -7.67. The first-order valence-electron chi connectivity index (χ1n) is 5.41. The number of nitrogens with two attached hydrogens (primary N) is 1. The Labute approximate surface area is 130 Å². The van der Waals surface area contributed by atoms with Crippen molar-refractivity contribution < 1.29 is 65.5 Å². The van der Waals surface area contributed by atoms with Gasteiger partial charge in [0.2, 0.25) is 0 Å². The highest BCUT2D eigenvalue weighted by Gasteiger charge is 2.86. The Kier molecular flexibility index (Phi) is 6.36. The van der Waals surface area contributed by atoms with Crippen molar-refractivity contribution in [3.8, 4) is 0 Å². The fraction of sp³-hybridized carbons (Fsp3) is 1.00. The van der Waals surface area contributed by atoms with E-state index in [1.807, 2.05) is 0 Å². The zero-order valence-corrected chi connectivity index (χ0v) is 11.8. The van der Waals surface area contributed by atoms with Gasteiger partial charge in [-0.1, -0.05) is 0 Å². The van der Waals surface area contributed by atoms with E-state index in [9.17, 15) is 65.5 Å². The van der Waals surface area contributed by atoms with Gasteiger partial charge < -0.3 is 0 Å². The summed E-state index contributed by atoms with van der Waals surface area (Å²) in [6.45, 7) is 0. The SMILES string of the molecule is NS(=O)(=O)C(F)(C(F)C(F)C(F)C(F)F)C(F)(F)C(F)(F)C(F)(F)F. The van der Waals surface area contributed by atoms with Gasteiger partial charge in [-0.2, -0.15) is 30.7 Å². The summed E-state index contributed by atoms with van der Waals surface area (Å²) in [7, 11) is -7.19. The Morgan fingerprint density at radius 2 is 1.04 bits per heavy atom. The van der Waals surface area contributed by atoms with Gasteiger partial charge in [-0.05, 0) is 0 Å². The van der Waals surface area contributed by atoms with E-state index in [0.29, 0.717) is 0 Å². The predicted molar refractivity (Wildman–Crippen MR) is 53.6 cm³/mol. The van der Waals surface area contributed by atoms with Gasteiger partial charge in [0.05, 0.1) is 0 Å². The van der Waals surface area contributed by atoms with Gasteiger partial charge in [0, 0.05) is 0 Å². The predicted octanol–water partition coefficient (Wildman–Crippen LogP) is 3.05. The fourth-order valence-electron chi connectivity index (χ4n) is 1.41. The van der Waals surface area contributed by atoms with Crippen LogP contribution in [0.2, 0.25) is 0 Å². The smallest absolute Gasteiger partial charge is 0.241 e. The Bertz CT molecular complexity index is 575. The number of primary sulfonamides is 1. The van der Waals surface area contributed by atoms with Crippen LogP contribution >= 0.6 is 0 Å².